The summed E-state index contributed by atoms with van der Waals surface area (Å²) in [5.74, 6) is 0. The van der Waals surface area contributed by atoms with Crippen LogP contribution in [0.15, 0.2) is 12.7 Å². The molecule has 1 saturated heterocycles. The van der Waals surface area contributed by atoms with E-state index in [0.717, 1.165) is 6.42 Å². The van der Waals surface area contributed by atoms with Crippen molar-refractivity contribution < 1.29 is 4.21 Å². The zero-order chi connectivity index (χ0) is 10.2. The second-order valence-corrected chi connectivity index (χ2v) is 6.57. The Kier molecular flexibility index (Phi) is 2.98. The van der Waals surface area contributed by atoms with Crippen LogP contribution in [0.1, 0.15) is 34.1 Å². The predicted octanol–water partition coefficient (Wildman–Crippen LogP) is 2.10. The molecule has 3 heteroatoms. The third-order valence-electron chi connectivity index (χ3n) is 2.30. The highest BCUT2D eigenvalue weighted by atomic mass is 32.2. The lowest BCUT2D eigenvalue weighted by Crippen LogP contribution is -2.28. The van der Waals surface area contributed by atoms with Gasteiger partial charge in [-0.2, -0.15) is 0 Å². The fourth-order valence-electron chi connectivity index (χ4n) is 1.51. The van der Waals surface area contributed by atoms with Gasteiger partial charge < -0.3 is 0 Å². The lowest BCUT2D eigenvalue weighted by Gasteiger charge is -2.18. The van der Waals surface area contributed by atoms with Gasteiger partial charge in [-0.3, -0.25) is 0 Å². The predicted molar refractivity (Wildman–Crippen MR) is 57.8 cm³/mol. The maximum Gasteiger partial charge on any atom is 0.101 e. The molecular weight excluding hydrogens is 182 g/mol. The van der Waals surface area contributed by atoms with E-state index in [9.17, 15) is 4.21 Å². The monoisotopic (exact) mass is 201 g/mol. The van der Waals surface area contributed by atoms with Crippen LogP contribution < -0.4 is 0 Å². The van der Waals surface area contributed by atoms with Gasteiger partial charge >= 0.3 is 0 Å². The molecular formula is C10H19NOS. The Morgan fingerprint density at radius 3 is 2.31 bits per heavy atom. The van der Waals surface area contributed by atoms with E-state index in [1.54, 1.807) is 0 Å². The summed E-state index contributed by atoms with van der Waals surface area (Å²) < 4.78 is 13.9. The molecule has 76 valence electrons. The van der Waals surface area contributed by atoms with Crippen LogP contribution >= 0.6 is 0 Å². The van der Waals surface area contributed by atoms with Crippen molar-refractivity contribution in [3.63, 3.8) is 0 Å². The van der Waals surface area contributed by atoms with Gasteiger partial charge in [-0.15, -0.1) is 6.58 Å². The molecule has 0 N–H and O–H groups in total. The summed E-state index contributed by atoms with van der Waals surface area (Å²) in [4.78, 5) is 0. The third-order valence-corrected chi connectivity index (χ3v) is 4.25. The Hall–Kier alpha value is -0.150. The molecule has 0 aromatic carbocycles. The molecule has 1 fully saturated rings. The second-order valence-electron chi connectivity index (χ2n) is 4.42. The van der Waals surface area contributed by atoms with Gasteiger partial charge in [0, 0.05) is 6.04 Å². The zero-order valence-corrected chi connectivity index (χ0v) is 9.73. The highest BCUT2D eigenvalue weighted by Gasteiger charge is 2.50. The highest BCUT2D eigenvalue weighted by molar-refractivity contribution is 7.84. The topological polar surface area (TPSA) is 20.1 Å². The van der Waals surface area contributed by atoms with Gasteiger partial charge in [0.05, 0.1) is 10.8 Å². The Balaban J connectivity index is 2.66. The molecule has 13 heavy (non-hydrogen) atoms. The minimum absolute atomic E-state index is 0.148. The number of hydrogen-bond acceptors (Lipinski definition) is 1. The number of hydrogen-bond donors (Lipinski definition) is 0. The molecule has 2 nitrogen and oxygen atoms in total. The first-order valence-electron chi connectivity index (χ1n) is 4.76. The van der Waals surface area contributed by atoms with E-state index in [1.807, 2.05) is 31.2 Å². The SMILES string of the molecule is C=CC1C(CC)N1S(=O)C(C)(C)C. The van der Waals surface area contributed by atoms with Crippen molar-refractivity contribution in [1.82, 2.24) is 4.31 Å². The first kappa shape index (κ1) is 10.9. The van der Waals surface area contributed by atoms with Gasteiger partial charge in [-0.05, 0) is 27.2 Å². The van der Waals surface area contributed by atoms with Gasteiger partial charge in [0.1, 0.15) is 11.0 Å². The Morgan fingerprint density at radius 2 is 2.08 bits per heavy atom. The van der Waals surface area contributed by atoms with Crippen LogP contribution in [0.25, 0.3) is 0 Å². The molecule has 0 bridgehead atoms. The van der Waals surface area contributed by atoms with Crippen molar-refractivity contribution in [1.29, 1.82) is 0 Å². The fourth-order valence-corrected chi connectivity index (χ4v) is 3.05. The molecule has 0 radical (unpaired) electrons. The standard InChI is InChI=1S/C10H19NOS/c1-6-8-9(7-2)11(8)13(12)10(3,4)5/h6,8-9H,1,7H2,2-5H3. The largest absolute Gasteiger partial charge is 0.242 e. The molecule has 4 atom stereocenters. The van der Waals surface area contributed by atoms with Crippen molar-refractivity contribution in [2.75, 3.05) is 0 Å². The Bertz CT molecular complexity index is 232. The van der Waals surface area contributed by atoms with E-state index in [4.69, 9.17) is 0 Å². The summed E-state index contributed by atoms with van der Waals surface area (Å²) >= 11 is 0. The summed E-state index contributed by atoms with van der Waals surface area (Å²) in [6, 6.07) is 0.794. The molecule has 1 aliphatic heterocycles. The van der Waals surface area contributed by atoms with Gasteiger partial charge in [0.25, 0.3) is 0 Å². The van der Waals surface area contributed by atoms with Crippen LogP contribution in [-0.4, -0.2) is 25.3 Å². The molecule has 0 spiro atoms. The Labute approximate surface area is 83.6 Å². The smallest absolute Gasteiger partial charge is 0.101 e. The van der Waals surface area contributed by atoms with Crippen LogP contribution in [0.3, 0.4) is 0 Å². The highest BCUT2D eigenvalue weighted by Crippen LogP contribution is 2.37. The van der Waals surface area contributed by atoms with E-state index >= 15 is 0 Å². The molecule has 0 aliphatic carbocycles. The maximum atomic E-state index is 12.0. The first-order chi connectivity index (χ1) is 5.93. The summed E-state index contributed by atoms with van der Waals surface area (Å²) in [6.45, 7) is 11.9. The summed E-state index contributed by atoms with van der Waals surface area (Å²) in [5, 5.41) is 0. The van der Waals surface area contributed by atoms with Crippen molar-refractivity contribution in [2.24, 2.45) is 0 Å². The fraction of sp³-hybridized carbons (Fsp3) is 0.800. The van der Waals surface area contributed by atoms with E-state index in [-0.39, 0.29) is 4.75 Å². The summed E-state index contributed by atoms with van der Waals surface area (Å²) in [5.41, 5.74) is 0. The molecule has 0 aromatic rings. The van der Waals surface area contributed by atoms with Crippen LogP contribution in [0, 0.1) is 0 Å². The summed E-state index contributed by atoms with van der Waals surface area (Å²) in [7, 11) is -0.876. The molecule has 1 aliphatic rings. The van der Waals surface area contributed by atoms with Crippen LogP contribution in [-0.2, 0) is 11.0 Å². The molecule has 1 rings (SSSR count). The van der Waals surface area contributed by atoms with Crippen molar-refractivity contribution in [2.45, 2.75) is 50.9 Å². The number of rotatable bonds is 3. The van der Waals surface area contributed by atoms with E-state index in [1.165, 1.54) is 0 Å². The van der Waals surface area contributed by atoms with Crippen molar-refractivity contribution in [3.8, 4) is 0 Å². The average Bonchev–Trinajstić information content (AvgIpc) is 2.73. The molecule has 4 unspecified atom stereocenters. The summed E-state index contributed by atoms with van der Waals surface area (Å²) in [6.07, 6.45) is 2.95. The third kappa shape index (κ3) is 2.02. The second kappa shape index (κ2) is 3.54. The zero-order valence-electron chi connectivity index (χ0n) is 8.91. The van der Waals surface area contributed by atoms with Crippen molar-refractivity contribution in [3.05, 3.63) is 12.7 Å². The first-order valence-corrected chi connectivity index (χ1v) is 5.87. The van der Waals surface area contributed by atoms with Gasteiger partial charge in [-0.1, -0.05) is 13.0 Å². The molecule has 0 amide bonds. The van der Waals surface area contributed by atoms with Crippen molar-refractivity contribution >= 4 is 11.0 Å². The Morgan fingerprint density at radius 1 is 1.54 bits per heavy atom. The molecule has 1 heterocycles. The van der Waals surface area contributed by atoms with Crippen LogP contribution in [0.2, 0.25) is 0 Å². The quantitative estimate of drug-likeness (QED) is 0.506. The van der Waals surface area contributed by atoms with Crippen LogP contribution in [0.5, 0.6) is 0 Å². The minimum atomic E-state index is -0.876. The maximum absolute atomic E-state index is 12.0. The average molecular weight is 201 g/mol. The van der Waals surface area contributed by atoms with Crippen LogP contribution in [0.4, 0.5) is 0 Å². The number of nitrogens with zero attached hydrogens (tertiary/aromatic N) is 1. The van der Waals surface area contributed by atoms with Gasteiger partial charge in [-0.25, -0.2) is 8.51 Å². The lowest BCUT2D eigenvalue weighted by molar-refractivity contribution is 0.598. The molecule has 0 aromatic heterocycles. The van der Waals surface area contributed by atoms with Gasteiger partial charge in [0.2, 0.25) is 0 Å². The van der Waals surface area contributed by atoms with Gasteiger partial charge in [0.15, 0.2) is 0 Å². The van der Waals surface area contributed by atoms with E-state index in [2.05, 4.69) is 13.5 Å². The molecule has 0 saturated carbocycles. The normalized spacial score (nSPS) is 35.5. The van der Waals surface area contributed by atoms with E-state index < -0.39 is 11.0 Å². The lowest BCUT2D eigenvalue weighted by atomic mass is 10.3. The minimum Gasteiger partial charge on any atom is -0.242 e. The van der Waals surface area contributed by atoms with E-state index in [0.29, 0.717) is 12.1 Å².